The molecule has 2 amide bonds. The molecule has 5 nitrogen and oxygen atoms in total. The van der Waals surface area contributed by atoms with Crippen molar-refractivity contribution < 1.29 is 18.7 Å². The Labute approximate surface area is 186 Å². The average molecular weight is 445 g/mol. The third-order valence-electron chi connectivity index (χ3n) is 5.79. The van der Waals surface area contributed by atoms with Gasteiger partial charge in [-0.25, -0.2) is 4.39 Å². The van der Waals surface area contributed by atoms with Crippen LogP contribution in [0.2, 0.25) is 0 Å². The molecule has 1 aromatic heterocycles. The predicted molar refractivity (Wildman–Crippen MR) is 119 cm³/mol. The number of carbonyl (C=O) groups excluding carboxylic acids is 2. The molecule has 0 N–H and O–H groups in total. The zero-order valence-corrected chi connectivity index (χ0v) is 18.9. The Kier molecular flexibility index (Phi) is 6.60. The number of nitrogens with zero attached hydrogens (tertiary/aromatic N) is 2. The second kappa shape index (κ2) is 9.39. The van der Waals surface area contributed by atoms with E-state index in [1.165, 1.54) is 17.0 Å². The molecular weight excluding hydrogens is 415 g/mol. The Bertz CT molecular complexity index is 923. The number of amides is 2. The van der Waals surface area contributed by atoms with Crippen molar-refractivity contribution in [3.05, 3.63) is 52.0 Å². The third kappa shape index (κ3) is 5.26. The van der Waals surface area contributed by atoms with Crippen molar-refractivity contribution >= 4 is 23.2 Å². The number of halogens is 1. The summed E-state index contributed by atoms with van der Waals surface area (Å²) >= 11 is 1.70. The molecule has 1 aromatic carbocycles. The van der Waals surface area contributed by atoms with Crippen molar-refractivity contribution in [3.63, 3.8) is 0 Å². The van der Waals surface area contributed by atoms with Crippen LogP contribution >= 0.6 is 11.3 Å². The SMILES string of the molecule is CC(C)CN(CC(=O)N1CCc2sccc2[C@@H]1COc1ccc(F)cc1)C(=O)C1CC1. The van der Waals surface area contributed by atoms with E-state index in [9.17, 15) is 14.0 Å². The van der Waals surface area contributed by atoms with Crippen molar-refractivity contribution in [1.82, 2.24) is 9.80 Å². The van der Waals surface area contributed by atoms with E-state index in [1.807, 2.05) is 10.3 Å². The van der Waals surface area contributed by atoms with Gasteiger partial charge in [-0.3, -0.25) is 9.59 Å². The standard InChI is InChI=1S/C24H29FN2O3S/c1-16(2)13-26(24(29)17-3-4-17)14-23(28)27-11-9-22-20(10-12-31-22)21(27)15-30-19-7-5-18(25)6-8-19/h5-8,10,12,16-17,21H,3-4,9,11,13-15H2,1-2H3/t21-/m0/s1. The normalized spacial score (nSPS) is 18.1. The van der Waals surface area contributed by atoms with Gasteiger partial charge in [-0.2, -0.15) is 0 Å². The van der Waals surface area contributed by atoms with Crippen LogP contribution in [0.15, 0.2) is 35.7 Å². The fourth-order valence-corrected chi connectivity index (χ4v) is 5.02. The first-order chi connectivity index (χ1) is 14.9. The Balaban J connectivity index is 1.49. The van der Waals surface area contributed by atoms with Gasteiger partial charge in [0.25, 0.3) is 0 Å². The minimum Gasteiger partial charge on any atom is -0.491 e. The molecule has 1 fully saturated rings. The first-order valence-corrected chi connectivity index (χ1v) is 11.8. The first-order valence-electron chi connectivity index (χ1n) is 10.9. The summed E-state index contributed by atoms with van der Waals surface area (Å²) in [7, 11) is 0. The number of carbonyl (C=O) groups is 2. The lowest BCUT2D eigenvalue weighted by atomic mass is 10.00. The zero-order valence-electron chi connectivity index (χ0n) is 18.1. The molecule has 166 valence electrons. The van der Waals surface area contributed by atoms with E-state index in [0.29, 0.717) is 31.4 Å². The fraction of sp³-hybridized carbons (Fsp3) is 0.500. The van der Waals surface area contributed by atoms with Gasteiger partial charge in [-0.05, 0) is 66.5 Å². The summed E-state index contributed by atoms with van der Waals surface area (Å²) in [6.45, 7) is 5.74. The van der Waals surface area contributed by atoms with Gasteiger partial charge in [0.2, 0.25) is 11.8 Å². The molecule has 1 atom stereocenters. The number of thiophene rings is 1. The van der Waals surface area contributed by atoms with Gasteiger partial charge in [0.15, 0.2) is 0 Å². The quantitative estimate of drug-likeness (QED) is 0.610. The van der Waals surface area contributed by atoms with Crippen LogP contribution in [-0.2, 0) is 16.0 Å². The maximum Gasteiger partial charge on any atom is 0.242 e. The van der Waals surface area contributed by atoms with Crippen molar-refractivity contribution in [3.8, 4) is 5.75 Å². The largest absolute Gasteiger partial charge is 0.491 e. The monoisotopic (exact) mass is 444 g/mol. The molecule has 4 rings (SSSR count). The number of benzene rings is 1. The summed E-state index contributed by atoms with van der Waals surface area (Å²) in [6.07, 6.45) is 2.67. The topological polar surface area (TPSA) is 49.9 Å². The van der Waals surface area contributed by atoms with E-state index in [-0.39, 0.29) is 36.1 Å². The minimum absolute atomic E-state index is 0.0424. The van der Waals surface area contributed by atoms with E-state index in [1.54, 1.807) is 28.4 Å². The Morgan fingerprint density at radius 2 is 1.97 bits per heavy atom. The molecule has 0 unspecified atom stereocenters. The third-order valence-corrected chi connectivity index (χ3v) is 6.78. The molecule has 0 spiro atoms. The van der Waals surface area contributed by atoms with Gasteiger partial charge in [0.1, 0.15) is 18.2 Å². The maximum atomic E-state index is 13.4. The van der Waals surface area contributed by atoms with Crippen LogP contribution < -0.4 is 4.74 Å². The van der Waals surface area contributed by atoms with Crippen LogP contribution in [0, 0.1) is 17.7 Å². The van der Waals surface area contributed by atoms with E-state index >= 15 is 0 Å². The molecule has 2 aliphatic rings. The summed E-state index contributed by atoms with van der Waals surface area (Å²) in [5.41, 5.74) is 1.11. The van der Waals surface area contributed by atoms with Gasteiger partial charge >= 0.3 is 0 Å². The van der Waals surface area contributed by atoms with Crippen LogP contribution in [0.3, 0.4) is 0 Å². The number of hydrogen-bond acceptors (Lipinski definition) is 4. The lowest BCUT2D eigenvalue weighted by molar-refractivity contribution is -0.143. The van der Waals surface area contributed by atoms with Crippen LogP contribution in [-0.4, -0.2) is 47.9 Å². The van der Waals surface area contributed by atoms with Crippen LogP contribution in [0.4, 0.5) is 4.39 Å². The van der Waals surface area contributed by atoms with Gasteiger partial charge in [-0.15, -0.1) is 11.3 Å². The number of ether oxygens (including phenoxy) is 1. The average Bonchev–Trinajstić information content (AvgIpc) is 3.48. The second-order valence-corrected chi connectivity index (χ2v) is 9.80. The predicted octanol–water partition coefficient (Wildman–Crippen LogP) is 4.29. The molecule has 31 heavy (non-hydrogen) atoms. The molecule has 2 aromatic rings. The molecule has 2 heterocycles. The highest BCUT2D eigenvalue weighted by Gasteiger charge is 2.37. The van der Waals surface area contributed by atoms with Gasteiger partial charge in [-0.1, -0.05) is 13.8 Å². The molecule has 0 saturated heterocycles. The van der Waals surface area contributed by atoms with Crippen LogP contribution in [0.5, 0.6) is 5.75 Å². The summed E-state index contributed by atoms with van der Waals surface area (Å²) in [6, 6.07) is 7.75. The molecule has 1 aliphatic carbocycles. The summed E-state index contributed by atoms with van der Waals surface area (Å²) in [4.78, 5) is 31.0. The fourth-order valence-electron chi connectivity index (χ4n) is 4.10. The van der Waals surface area contributed by atoms with E-state index in [2.05, 4.69) is 19.9 Å². The molecule has 1 saturated carbocycles. The highest BCUT2D eigenvalue weighted by Crippen LogP contribution is 2.35. The van der Waals surface area contributed by atoms with Crippen molar-refractivity contribution in [1.29, 1.82) is 0 Å². The Morgan fingerprint density at radius 3 is 2.65 bits per heavy atom. The van der Waals surface area contributed by atoms with Crippen LogP contribution in [0.25, 0.3) is 0 Å². The highest BCUT2D eigenvalue weighted by atomic mass is 32.1. The molecule has 1 aliphatic heterocycles. The van der Waals surface area contributed by atoms with Crippen molar-refractivity contribution in [2.24, 2.45) is 11.8 Å². The number of hydrogen-bond donors (Lipinski definition) is 0. The summed E-state index contributed by atoms with van der Waals surface area (Å²) in [5.74, 6) is 0.717. The van der Waals surface area contributed by atoms with Gasteiger partial charge < -0.3 is 14.5 Å². The van der Waals surface area contributed by atoms with Gasteiger partial charge in [0, 0.05) is 23.9 Å². The van der Waals surface area contributed by atoms with Crippen molar-refractivity contribution in [2.75, 3.05) is 26.2 Å². The zero-order chi connectivity index (χ0) is 22.0. The summed E-state index contributed by atoms with van der Waals surface area (Å²) < 4.78 is 19.1. The number of rotatable bonds is 8. The van der Waals surface area contributed by atoms with Crippen molar-refractivity contribution in [2.45, 2.75) is 39.2 Å². The molecule has 0 radical (unpaired) electrons. The lowest BCUT2D eigenvalue weighted by Gasteiger charge is -2.37. The van der Waals surface area contributed by atoms with E-state index in [0.717, 1.165) is 24.8 Å². The highest BCUT2D eigenvalue weighted by molar-refractivity contribution is 7.10. The molecule has 7 heteroatoms. The van der Waals surface area contributed by atoms with Gasteiger partial charge in [0.05, 0.1) is 12.6 Å². The minimum atomic E-state index is -0.312. The Morgan fingerprint density at radius 1 is 1.23 bits per heavy atom. The first kappa shape index (κ1) is 21.8. The number of fused-ring (bicyclic) bond motifs is 1. The van der Waals surface area contributed by atoms with E-state index in [4.69, 9.17) is 4.74 Å². The van der Waals surface area contributed by atoms with E-state index < -0.39 is 0 Å². The lowest BCUT2D eigenvalue weighted by Crippen LogP contribution is -2.48. The summed E-state index contributed by atoms with van der Waals surface area (Å²) in [5, 5.41) is 2.05. The molecule has 0 bridgehead atoms. The second-order valence-electron chi connectivity index (χ2n) is 8.80. The molecular formula is C24H29FN2O3S. The Hall–Kier alpha value is -2.41. The maximum absolute atomic E-state index is 13.4. The van der Waals surface area contributed by atoms with Crippen LogP contribution in [0.1, 0.15) is 43.2 Å². The smallest absolute Gasteiger partial charge is 0.242 e.